The lowest BCUT2D eigenvalue weighted by Gasteiger charge is -2.29. The van der Waals surface area contributed by atoms with Crippen molar-refractivity contribution in [2.45, 2.75) is 45.1 Å². The number of hydrogen-bond acceptors (Lipinski definition) is 3. The minimum absolute atomic E-state index is 0.397. The fourth-order valence-corrected chi connectivity index (χ4v) is 5.09. The maximum absolute atomic E-state index is 3.85. The van der Waals surface area contributed by atoms with Crippen LogP contribution in [-0.4, -0.2) is 6.54 Å². The molecule has 0 radical (unpaired) electrons. The van der Waals surface area contributed by atoms with Crippen molar-refractivity contribution in [1.29, 1.82) is 0 Å². The van der Waals surface area contributed by atoms with E-state index in [2.05, 4.69) is 47.3 Å². The minimum Gasteiger partial charge on any atom is -0.305 e. The van der Waals surface area contributed by atoms with Crippen LogP contribution < -0.4 is 5.32 Å². The zero-order chi connectivity index (χ0) is 14.5. The Balaban J connectivity index is 1.59. The Kier molecular flexibility index (Phi) is 5.50. The van der Waals surface area contributed by atoms with E-state index in [0.717, 1.165) is 18.4 Å². The third-order valence-electron chi connectivity index (χ3n) is 4.81. The van der Waals surface area contributed by atoms with Crippen LogP contribution in [0, 0.1) is 11.8 Å². The lowest BCUT2D eigenvalue weighted by Crippen LogP contribution is -2.29. The van der Waals surface area contributed by atoms with Crippen LogP contribution in [0.5, 0.6) is 0 Å². The highest BCUT2D eigenvalue weighted by Gasteiger charge is 2.22. The monoisotopic (exact) mass is 319 g/mol. The molecule has 3 rings (SSSR count). The van der Waals surface area contributed by atoms with Gasteiger partial charge in [-0.15, -0.1) is 22.7 Å². The highest BCUT2D eigenvalue weighted by Crippen LogP contribution is 2.32. The van der Waals surface area contributed by atoms with E-state index in [9.17, 15) is 0 Å². The highest BCUT2D eigenvalue weighted by molar-refractivity contribution is 7.11. The third-order valence-corrected chi connectivity index (χ3v) is 6.68. The van der Waals surface area contributed by atoms with Gasteiger partial charge in [-0.05, 0) is 54.1 Å². The summed E-state index contributed by atoms with van der Waals surface area (Å²) in [7, 11) is 0. The van der Waals surface area contributed by atoms with Crippen LogP contribution in [-0.2, 0) is 0 Å². The van der Waals surface area contributed by atoms with Gasteiger partial charge in [-0.2, -0.15) is 0 Å². The van der Waals surface area contributed by atoms with Crippen LogP contribution in [0.4, 0.5) is 0 Å². The van der Waals surface area contributed by atoms with Crippen LogP contribution in [0.2, 0.25) is 0 Å². The van der Waals surface area contributed by atoms with E-state index in [-0.39, 0.29) is 0 Å². The highest BCUT2D eigenvalue weighted by atomic mass is 32.1. The third kappa shape index (κ3) is 3.97. The van der Waals surface area contributed by atoms with Crippen LogP contribution >= 0.6 is 22.7 Å². The van der Waals surface area contributed by atoms with Gasteiger partial charge in [-0.25, -0.2) is 0 Å². The number of rotatable bonds is 6. The lowest BCUT2D eigenvalue weighted by molar-refractivity contribution is 0.260. The summed E-state index contributed by atoms with van der Waals surface area (Å²) >= 11 is 3.73. The number of hydrogen-bond donors (Lipinski definition) is 1. The first-order valence-electron chi connectivity index (χ1n) is 8.17. The van der Waals surface area contributed by atoms with E-state index in [4.69, 9.17) is 0 Å². The van der Waals surface area contributed by atoms with Crippen molar-refractivity contribution < 1.29 is 0 Å². The van der Waals surface area contributed by atoms with Gasteiger partial charge in [0, 0.05) is 9.75 Å². The summed E-state index contributed by atoms with van der Waals surface area (Å²) in [5, 5.41) is 8.22. The molecule has 2 heterocycles. The molecule has 3 heteroatoms. The SMILES string of the molecule is CCC1CCC(CNC(c2cccs2)c2cccs2)CC1. The quantitative estimate of drug-likeness (QED) is 0.719. The molecule has 1 fully saturated rings. The lowest BCUT2D eigenvalue weighted by atomic mass is 9.81. The Morgan fingerprint density at radius 1 is 1.00 bits per heavy atom. The molecule has 2 aromatic heterocycles. The predicted molar refractivity (Wildman–Crippen MR) is 94.2 cm³/mol. The molecule has 1 saturated carbocycles. The fraction of sp³-hybridized carbons (Fsp3) is 0.556. The summed E-state index contributed by atoms with van der Waals surface area (Å²) in [5.41, 5.74) is 0. The van der Waals surface area contributed by atoms with Crippen molar-refractivity contribution in [3.8, 4) is 0 Å². The van der Waals surface area contributed by atoms with Crippen molar-refractivity contribution in [2.24, 2.45) is 11.8 Å². The summed E-state index contributed by atoms with van der Waals surface area (Å²) < 4.78 is 0. The standard InChI is InChI=1S/C18H25NS2/c1-2-14-7-9-15(10-8-14)13-19-18(16-5-3-11-20-16)17-6-4-12-21-17/h3-6,11-12,14-15,18-19H,2,7-10,13H2,1H3. The summed E-state index contributed by atoms with van der Waals surface area (Å²) in [6.45, 7) is 3.50. The fourth-order valence-electron chi connectivity index (χ4n) is 3.38. The Morgan fingerprint density at radius 3 is 2.05 bits per heavy atom. The molecule has 1 N–H and O–H groups in total. The van der Waals surface area contributed by atoms with E-state index in [1.165, 1.54) is 41.9 Å². The maximum Gasteiger partial charge on any atom is 0.0764 e. The first-order valence-corrected chi connectivity index (χ1v) is 9.93. The second-order valence-corrected chi connectivity index (χ2v) is 8.13. The van der Waals surface area contributed by atoms with Crippen molar-refractivity contribution >= 4 is 22.7 Å². The molecule has 0 aromatic carbocycles. The van der Waals surface area contributed by atoms with Gasteiger partial charge in [0.15, 0.2) is 0 Å². The van der Waals surface area contributed by atoms with Gasteiger partial charge in [0.25, 0.3) is 0 Å². The average molecular weight is 320 g/mol. The van der Waals surface area contributed by atoms with Crippen LogP contribution in [0.25, 0.3) is 0 Å². The summed E-state index contributed by atoms with van der Waals surface area (Å²) in [6, 6.07) is 9.24. The molecule has 1 aliphatic rings. The van der Waals surface area contributed by atoms with Gasteiger partial charge in [0.2, 0.25) is 0 Å². The second kappa shape index (κ2) is 7.57. The second-order valence-electron chi connectivity index (χ2n) is 6.17. The van der Waals surface area contributed by atoms with E-state index in [0.29, 0.717) is 6.04 Å². The number of nitrogens with one attached hydrogen (secondary N) is 1. The smallest absolute Gasteiger partial charge is 0.0764 e. The van der Waals surface area contributed by atoms with Crippen molar-refractivity contribution in [3.05, 3.63) is 44.8 Å². The number of thiophene rings is 2. The minimum atomic E-state index is 0.397. The molecule has 0 atom stereocenters. The first-order chi connectivity index (χ1) is 10.4. The summed E-state index contributed by atoms with van der Waals surface area (Å²) in [4.78, 5) is 2.89. The summed E-state index contributed by atoms with van der Waals surface area (Å²) in [6.07, 6.45) is 7.06. The Hall–Kier alpha value is -0.640. The van der Waals surface area contributed by atoms with Gasteiger partial charge in [0.05, 0.1) is 6.04 Å². The Labute approximate surface area is 136 Å². The molecular weight excluding hydrogens is 294 g/mol. The molecule has 0 unspecified atom stereocenters. The van der Waals surface area contributed by atoms with Gasteiger partial charge in [0.1, 0.15) is 0 Å². The van der Waals surface area contributed by atoms with Gasteiger partial charge < -0.3 is 5.32 Å². The Bertz CT molecular complexity index is 461. The molecule has 0 spiro atoms. The normalized spacial score (nSPS) is 22.8. The molecule has 1 nitrogen and oxygen atoms in total. The molecule has 0 saturated heterocycles. The molecule has 1 aliphatic carbocycles. The predicted octanol–water partition coefficient (Wildman–Crippen LogP) is 5.71. The molecule has 0 amide bonds. The maximum atomic E-state index is 3.85. The molecular formula is C18H25NS2. The average Bonchev–Trinajstić information content (AvgIpc) is 3.22. The zero-order valence-electron chi connectivity index (χ0n) is 12.8. The molecule has 21 heavy (non-hydrogen) atoms. The van der Waals surface area contributed by atoms with E-state index >= 15 is 0 Å². The van der Waals surface area contributed by atoms with Gasteiger partial charge in [-0.1, -0.05) is 38.3 Å². The van der Waals surface area contributed by atoms with E-state index in [1.807, 2.05) is 22.7 Å². The molecule has 0 bridgehead atoms. The van der Waals surface area contributed by atoms with Crippen LogP contribution in [0.15, 0.2) is 35.0 Å². The largest absolute Gasteiger partial charge is 0.305 e. The van der Waals surface area contributed by atoms with Gasteiger partial charge in [-0.3, -0.25) is 0 Å². The molecule has 0 aliphatic heterocycles. The van der Waals surface area contributed by atoms with Crippen molar-refractivity contribution in [1.82, 2.24) is 5.32 Å². The van der Waals surface area contributed by atoms with Crippen molar-refractivity contribution in [2.75, 3.05) is 6.54 Å². The van der Waals surface area contributed by atoms with E-state index in [1.54, 1.807) is 0 Å². The Morgan fingerprint density at radius 2 is 1.57 bits per heavy atom. The van der Waals surface area contributed by atoms with Crippen LogP contribution in [0.3, 0.4) is 0 Å². The van der Waals surface area contributed by atoms with Crippen LogP contribution in [0.1, 0.15) is 54.8 Å². The molecule has 114 valence electrons. The topological polar surface area (TPSA) is 12.0 Å². The van der Waals surface area contributed by atoms with E-state index < -0.39 is 0 Å². The summed E-state index contributed by atoms with van der Waals surface area (Å²) in [5.74, 6) is 1.86. The first kappa shape index (κ1) is 15.3. The zero-order valence-corrected chi connectivity index (χ0v) is 14.4. The van der Waals surface area contributed by atoms with Gasteiger partial charge >= 0.3 is 0 Å². The molecule has 2 aromatic rings. The van der Waals surface area contributed by atoms with Crippen molar-refractivity contribution in [3.63, 3.8) is 0 Å².